The Morgan fingerprint density at radius 1 is 1.25 bits per heavy atom. The van der Waals surface area contributed by atoms with Gasteiger partial charge in [-0.25, -0.2) is 0 Å². The van der Waals surface area contributed by atoms with Gasteiger partial charge in [-0.2, -0.15) is 0 Å². The van der Waals surface area contributed by atoms with Crippen LogP contribution in [0.2, 0.25) is 0 Å². The molecule has 24 heavy (non-hydrogen) atoms. The number of likely N-dealkylation sites (tertiary alicyclic amines) is 1. The van der Waals surface area contributed by atoms with Crippen LogP contribution in [-0.4, -0.2) is 51.6 Å². The minimum absolute atomic E-state index is 0.220. The highest BCUT2D eigenvalue weighted by Crippen LogP contribution is 2.24. The molecule has 1 heterocycles. The molecule has 2 rings (SSSR count). The number of carboxylic acid groups (broad SMARTS) is 1. The van der Waals surface area contributed by atoms with Gasteiger partial charge >= 0.3 is 5.97 Å². The molecule has 5 nitrogen and oxygen atoms in total. The lowest BCUT2D eigenvalue weighted by molar-refractivity contribution is -0.142. The van der Waals surface area contributed by atoms with Gasteiger partial charge in [-0.1, -0.05) is 24.3 Å². The third-order valence-corrected chi connectivity index (χ3v) is 5.06. The summed E-state index contributed by atoms with van der Waals surface area (Å²) in [5, 5.41) is 29.0. The van der Waals surface area contributed by atoms with E-state index in [9.17, 15) is 20.1 Å². The molecule has 0 aliphatic carbocycles. The Morgan fingerprint density at radius 3 is 2.38 bits per heavy atom. The first-order valence-electron chi connectivity index (χ1n) is 8.73. The first-order chi connectivity index (χ1) is 11.3. The maximum absolute atomic E-state index is 11.3. The van der Waals surface area contributed by atoms with Gasteiger partial charge in [-0.05, 0) is 57.1 Å². The molecule has 1 aromatic rings. The quantitative estimate of drug-likeness (QED) is 0.711. The van der Waals surface area contributed by atoms with Crippen molar-refractivity contribution in [3.05, 3.63) is 35.4 Å². The van der Waals surface area contributed by atoms with Crippen molar-refractivity contribution in [2.45, 2.75) is 63.7 Å². The second kappa shape index (κ2) is 8.10. The summed E-state index contributed by atoms with van der Waals surface area (Å²) < 4.78 is 0. The molecular formula is C19H29NO4. The van der Waals surface area contributed by atoms with Gasteiger partial charge in [-0.15, -0.1) is 0 Å². The van der Waals surface area contributed by atoms with Gasteiger partial charge < -0.3 is 15.3 Å². The predicted molar refractivity (Wildman–Crippen MR) is 92.9 cm³/mol. The third kappa shape index (κ3) is 4.79. The van der Waals surface area contributed by atoms with Crippen molar-refractivity contribution in [1.29, 1.82) is 0 Å². The zero-order valence-corrected chi connectivity index (χ0v) is 14.6. The van der Waals surface area contributed by atoms with Crippen molar-refractivity contribution in [3.63, 3.8) is 0 Å². The maximum atomic E-state index is 11.3. The highest BCUT2D eigenvalue weighted by molar-refractivity contribution is 5.80. The van der Waals surface area contributed by atoms with Crippen LogP contribution >= 0.6 is 0 Å². The number of aliphatic hydroxyl groups excluding tert-OH is 2. The molecule has 1 unspecified atom stereocenters. The summed E-state index contributed by atoms with van der Waals surface area (Å²) in [6.45, 7) is 4.91. The lowest BCUT2D eigenvalue weighted by atomic mass is 9.84. The number of piperidine rings is 1. The zero-order valence-electron chi connectivity index (χ0n) is 14.6. The third-order valence-electron chi connectivity index (χ3n) is 5.06. The molecule has 1 aromatic carbocycles. The molecule has 0 bridgehead atoms. The number of benzene rings is 1. The minimum Gasteiger partial charge on any atom is -0.481 e. The van der Waals surface area contributed by atoms with Crippen molar-refractivity contribution in [1.82, 2.24) is 4.90 Å². The summed E-state index contributed by atoms with van der Waals surface area (Å²) in [5.74, 6) is -0.829. The smallest absolute Gasteiger partial charge is 0.313 e. The molecule has 0 aromatic heterocycles. The Morgan fingerprint density at radius 2 is 1.83 bits per heavy atom. The second-order valence-corrected chi connectivity index (χ2v) is 7.27. The normalized spacial score (nSPS) is 18.5. The summed E-state index contributed by atoms with van der Waals surface area (Å²) in [7, 11) is 0. The van der Waals surface area contributed by atoms with Crippen LogP contribution < -0.4 is 0 Å². The average molecular weight is 335 g/mol. The molecule has 1 aliphatic heterocycles. The Kier molecular flexibility index (Phi) is 6.38. The van der Waals surface area contributed by atoms with E-state index >= 15 is 0 Å². The standard InChI is InChI=1S/C19H29NO4/c1-19(2,18(23)24)15-8-6-14(7-9-15)4-3-5-17(22)20-12-10-16(21)11-13-20/h6-9,16-17,21-22H,3-5,10-13H2,1-2H3,(H,23,24). The van der Waals surface area contributed by atoms with E-state index in [-0.39, 0.29) is 6.10 Å². The van der Waals surface area contributed by atoms with Crippen LogP contribution in [0.4, 0.5) is 0 Å². The number of hydrogen-bond donors (Lipinski definition) is 3. The Labute approximate surface area is 143 Å². The average Bonchev–Trinajstić information content (AvgIpc) is 2.55. The van der Waals surface area contributed by atoms with Crippen molar-refractivity contribution >= 4 is 5.97 Å². The van der Waals surface area contributed by atoms with E-state index in [4.69, 9.17) is 0 Å². The Hall–Kier alpha value is -1.43. The minimum atomic E-state index is -0.881. The first-order valence-corrected chi connectivity index (χ1v) is 8.73. The Balaban J connectivity index is 1.79. The van der Waals surface area contributed by atoms with Gasteiger partial charge in [0.1, 0.15) is 6.23 Å². The van der Waals surface area contributed by atoms with E-state index in [0.29, 0.717) is 6.42 Å². The summed E-state index contributed by atoms with van der Waals surface area (Å²) in [6, 6.07) is 7.71. The van der Waals surface area contributed by atoms with E-state index in [0.717, 1.165) is 49.9 Å². The lowest BCUT2D eigenvalue weighted by Gasteiger charge is -2.33. The maximum Gasteiger partial charge on any atom is 0.313 e. The molecule has 0 radical (unpaired) electrons. The van der Waals surface area contributed by atoms with Crippen LogP contribution in [0.15, 0.2) is 24.3 Å². The topological polar surface area (TPSA) is 81.0 Å². The van der Waals surface area contributed by atoms with E-state index in [1.165, 1.54) is 0 Å². The fraction of sp³-hybridized carbons (Fsp3) is 0.632. The van der Waals surface area contributed by atoms with E-state index in [1.807, 2.05) is 29.2 Å². The number of carbonyl (C=O) groups is 1. The fourth-order valence-electron chi connectivity index (χ4n) is 3.07. The molecule has 1 aliphatic rings. The highest BCUT2D eigenvalue weighted by Gasteiger charge is 2.29. The SMILES string of the molecule is CC(C)(C(=O)O)c1ccc(CCCC(O)N2CCC(O)CC2)cc1. The molecule has 3 N–H and O–H groups in total. The summed E-state index contributed by atoms with van der Waals surface area (Å²) >= 11 is 0. The molecule has 0 amide bonds. The van der Waals surface area contributed by atoms with Gasteiger partial charge in [0.25, 0.3) is 0 Å². The number of rotatable bonds is 7. The fourth-order valence-corrected chi connectivity index (χ4v) is 3.07. The van der Waals surface area contributed by atoms with E-state index < -0.39 is 17.6 Å². The van der Waals surface area contributed by atoms with Gasteiger partial charge in [0, 0.05) is 13.1 Å². The number of aliphatic carboxylic acids is 1. The molecule has 0 saturated carbocycles. The summed E-state index contributed by atoms with van der Waals surface area (Å²) in [6.07, 6.45) is 3.25. The highest BCUT2D eigenvalue weighted by atomic mass is 16.4. The number of hydrogen-bond acceptors (Lipinski definition) is 4. The number of aryl methyl sites for hydroxylation is 1. The first kappa shape index (κ1) is 18.9. The molecule has 1 fully saturated rings. The van der Waals surface area contributed by atoms with Crippen LogP contribution in [0.25, 0.3) is 0 Å². The van der Waals surface area contributed by atoms with Crippen molar-refractivity contribution < 1.29 is 20.1 Å². The van der Waals surface area contributed by atoms with Crippen LogP contribution in [0, 0.1) is 0 Å². The zero-order chi connectivity index (χ0) is 17.7. The molecule has 1 atom stereocenters. The monoisotopic (exact) mass is 335 g/mol. The Bertz CT molecular complexity index is 533. The largest absolute Gasteiger partial charge is 0.481 e. The van der Waals surface area contributed by atoms with Gasteiger partial charge in [0.15, 0.2) is 0 Å². The number of nitrogens with zero attached hydrogens (tertiary/aromatic N) is 1. The number of aliphatic hydroxyl groups is 2. The van der Waals surface area contributed by atoms with Crippen molar-refractivity contribution in [2.75, 3.05) is 13.1 Å². The molecule has 134 valence electrons. The molecule has 5 heteroatoms. The number of carboxylic acids is 1. The van der Waals surface area contributed by atoms with Crippen LogP contribution in [-0.2, 0) is 16.6 Å². The van der Waals surface area contributed by atoms with E-state index in [2.05, 4.69) is 0 Å². The van der Waals surface area contributed by atoms with E-state index in [1.54, 1.807) is 13.8 Å². The van der Waals surface area contributed by atoms with Crippen molar-refractivity contribution in [2.24, 2.45) is 0 Å². The van der Waals surface area contributed by atoms with Gasteiger partial charge in [-0.3, -0.25) is 9.69 Å². The lowest BCUT2D eigenvalue weighted by Crippen LogP contribution is -2.42. The van der Waals surface area contributed by atoms with Gasteiger partial charge in [0.2, 0.25) is 0 Å². The van der Waals surface area contributed by atoms with Crippen molar-refractivity contribution in [3.8, 4) is 0 Å². The van der Waals surface area contributed by atoms with Crippen LogP contribution in [0.3, 0.4) is 0 Å². The summed E-state index contributed by atoms with van der Waals surface area (Å²) in [5.41, 5.74) is 1.07. The van der Waals surface area contributed by atoms with Crippen LogP contribution in [0.5, 0.6) is 0 Å². The summed E-state index contributed by atoms with van der Waals surface area (Å²) in [4.78, 5) is 13.3. The van der Waals surface area contributed by atoms with Crippen LogP contribution in [0.1, 0.15) is 50.7 Å². The van der Waals surface area contributed by atoms with Gasteiger partial charge in [0.05, 0.1) is 11.5 Å². The molecular weight excluding hydrogens is 306 g/mol. The second-order valence-electron chi connectivity index (χ2n) is 7.27. The predicted octanol–water partition coefficient (Wildman–Crippen LogP) is 2.15. The molecule has 0 spiro atoms. The molecule has 1 saturated heterocycles.